The van der Waals surface area contributed by atoms with Crippen LogP contribution in [-0.4, -0.2) is 32.0 Å². The molecule has 0 fully saturated rings. The maximum Gasteiger partial charge on any atom is 0.238 e. The molecule has 0 radical (unpaired) electrons. The minimum atomic E-state index is -3.79. The highest BCUT2D eigenvalue weighted by molar-refractivity contribution is 7.92. The maximum atomic E-state index is 13.8. The van der Waals surface area contributed by atoms with Crippen LogP contribution in [0.25, 0.3) is 0 Å². The Kier molecular flexibility index (Phi) is 5.62. The van der Waals surface area contributed by atoms with Crippen LogP contribution in [0.5, 0.6) is 0 Å². The van der Waals surface area contributed by atoms with E-state index in [9.17, 15) is 17.6 Å². The van der Waals surface area contributed by atoms with Gasteiger partial charge in [-0.2, -0.15) is 0 Å². The van der Waals surface area contributed by atoms with E-state index in [1.807, 2.05) is 0 Å². The van der Waals surface area contributed by atoms with Crippen molar-refractivity contribution >= 4 is 27.3 Å². The van der Waals surface area contributed by atoms with Gasteiger partial charge in [-0.15, -0.1) is 0 Å². The number of nitrogens with zero attached hydrogens (tertiary/aromatic N) is 1. The molecule has 2 aromatic rings. The van der Waals surface area contributed by atoms with E-state index in [4.69, 9.17) is 11.6 Å². The summed E-state index contributed by atoms with van der Waals surface area (Å²) in [4.78, 5) is 13.6. The van der Waals surface area contributed by atoms with Gasteiger partial charge in [-0.1, -0.05) is 29.8 Å². The number of carbonyl (C=O) groups is 1. The molecular formula is C17H17ClFNO3S. The maximum absolute atomic E-state index is 13.8. The highest BCUT2D eigenvalue weighted by Crippen LogP contribution is 2.23. The molecule has 1 unspecified atom stereocenters. The molecule has 0 aliphatic heterocycles. The Morgan fingerprint density at radius 1 is 1.17 bits per heavy atom. The van der Waals surface area contributed by atoms with Crippen LogP contribution in [0.4, 0.5) is 4.39 Å². The van der Waals surface area contributed by atoms with Crippen LogP contribution in [0, 0.1) is 5.82 Å². The number of rotatable bonds is 5. The third kappa shape index (κ3) is 4.13. The van der Waals surface area contributed by atoms with Crippen LogP contribution in [-0.2, 0) is 14.6 Å². The molecular weight excluding hydrogens is 353 g/mol. The van der Waals surface area contributed by atoms with E-state index in [0.717, 1.165) is 0 Å². The Balaban J connectivity index is 2.16. The average Bonchev–Trinajstić information content (AvgIpc) is 2.54. The lowest BCUT2D eigenvalue weighted by Crippen LogP contribution is -2.34. The summed E-state index contributed by atoms with van der Waals surface area (Å²) in [5.74, 6) is -1.74. The van der Waals surface area contributed by atoms with Gasteiger partial charge in [0.2, 0.25) is 5.91 Å². The van der Waals surface area contributed by atoms with E-state index in [1.54, 1.807) is 25.1 Å². The number of amides is 1. The first kappa shape index (κ1) is 18.4. The second kappa shape index (κ2) is 7.32. The van der Waals surface area contributed by atoms with Crippen molar-refractivity contribution in [2.75, 3.05) is 12.8 Å². The molecule has 24 heavy (non-hydrogen) atoms. The molecule has 0 aliphatic carbocycles. The topological polar surface area (TPSA) is 54.5 Å². The molecule has 2 aromatic carbocycles. The normalized spacial score (nSPS) is 12.7. The van der Waals surface area contributed by atoms with Crippen molar-refractivity contribution in [1.82, 2.24) is 4.90 Å². The van der Waals surface area contributed by atoms with Crippen LogP contribution in [0.1, 0.15) is 18.5 Å². The number of carbonyl (C=O) groups excluding carboxylic acids is 1. The van der Waals surface area contributed by atoms with Crippen LogP contribution in [0.3, 0.4) is 0 Å². The molecule has 1 amide bonds. The zero-order valence-corrected chi connectivity index (χ0v) is 14.8. The molecule has 2 rings (SSSR count). The van der Waals surface area contributed by atoms with Gasteiger partial charge in [-0.3, -0.25) is 4.79 Å². The molecule has 128 valence electrons. The lowest BCUT2D eigenvalue weighted by Gasteiger charge is -2.25. The highest BCUT2D eigenvalue weighted by Gasteiger charge is 2.25. The average molecular weight is 370 g/mol. The summed E-state index contributed by atoms with van der Waals surface area (Å²) in [6, 6.07) is 11.1. The lowest BCUT2D eigenvalue weighted by atomic mass is 10.1. The van der Waals surface area contributed by atoms with E-state index < -0.39 is 33.4 Å². The Labute approximate surface area is 145 Å². The molecule has 0 saturated carbocycles. The molecule has 1 atom stereocenters. The minimum absolute atomic E-state index is 0.0206. The van der Waals surface area contributed by atoms with Crippen molar-refractivity contribution in [2.24, 2.45) is 0 Å². The second-order valence-corrected chi connectivity index (χ2v) is 7.84. The number of halogens is 2. The summed E-state index contributed by atoms with van der Waals surface area (Å²) in [6.45, 7) is 1.64. The standard InChI is InChI=1S/C17H17ClFNO3S/c1-12(15-5-3-4-6-16(15)19)20(2)17(21)11-24(22,23)14-9-7-13(18)8-10-14/h3-10,12H,11H2,1-2H3. The van der Waals surface area contributed by atoms with Crippen LogP contribution >= 0.6 is 11.6 Å². The van der Waals surface area contributed by atoms with Gasteiger partial charge in [-0.25, -0.2) is 12.8 Å². The van der Waals surface area contributed by atoms with Crippen molar-refractivity contribution in [3.8, 4) is 0 Å². The minimum Gasteiger partial charge on any atom is -0.338 e. The number of sulfone groups is 1. The van der Waals surface area contributed by atoms with Crippen molar-refractivity contribution in [1.29, 1.82) is 0 Å². The first-order valence-corrected chi connectivity index (χ1v) is 9.24. The fourth-order valence-electron chi connectivity index (χ4n) is 2.23. The van der Waals surface area contributed by atoms with E-state index in [-0.39, 0.29) is 4.90 Å². The molecule has 0 aromatic heterocycles. The van der Waals surface area contributed by atoms with E-state index in [1.165, 1.54) is 42.3 Å². The van der Waals surface area contributed by atoms with E-state index in [2.05, 4.69) is 0 Å². The fraction of sp³-hybridized carbons (Fsp3) is 0.235. The summed E-state index contributed by atoms with van der Waals surface area (Å²) in [5.41, 5.74) is 0.331. The van der Waals surface area contributed by atoms with Gasteiger partial charge >= 0.3 is 0 Å². The Morgan fingerprint density at radius 3 is 2.33 bits per heavy atom. The Bertz CT molecular complexity index is 837. The molecule has 0 N–H and O–H groups in total. The molecule has 4 nitrogen and oxygen atoms in total. The van der Waals surface area contributed by atoms with Crippen LogP contribution in [0.15, 0.2) is 53.4 Å². The first-order chi connectivity index (χ1) is 11.2. The van der Waals surface area contributed by atoms with Gasteiger partial charge in [0.1, 0.15) is 11.6 Å². The zero-order chi connectivity index (χ0) is 17.9. The van der Waals surface area contributed by atoms with Gasteiger partial charge in [0, 0.05) is 17.6 Å². The number of benzene rings is 2. The third-order valence-electron chi connectivity index (χ3n) is 3.82. The monoisotopic (exact) mass is 369 g/mol. The molecule has 0 saturated heterocycles. The van der Waals surface area contributed by atoms with Crippen molar-refractivity contribution in [3.63, 3.8) is 0 Å². The summed E-state index contributed by atoms with van der Waals surface area (Å²) < 4.78 is 38.5. The zero-order valence-electron chi connectivity index (χ0n) is 13.2. The van der Waals surface area contributed by atoms with Crippen LogP contribution < -0.4 is 0 Å². The van der Waals surface area contributed by atoms with Gasteiger partial charge in [-0.05, 0) is 37.3 Å². The van der Waals surface area contributed by atoms with Gasteiger partial charge in [0.05, 0.1) is 10.9 Å². The van der Waals surface area contributed by atoms with Crippen molar-refractivity contribution in [2.45, 2.75) is 17.9 Å². The highest BCUT2D eigenvalue weighted by atomic mass is 35.5. The van der Waals surface area contributed by atoms with Crippen molar-refractivity contribution in [3.05, 3.63) is 64.9 Å². The molecule has 0 bridgehead atoms. The summed E-state index contributed by atoms with van der Waals surface area (Å²) >= 11 is 5.74. The van der Waals surface area contributed by atoms with E-state index in [0.29, 0.717) is 10.6 Å². The van der Waals surface area contributed by atoms with Crippen molar-refractivity contribution < 1.29 is 17.6 Å². The van der Waals surface area contributed by atoms with Gasteiger partial charge < -0.3 is 4.90 Å². The lowest BCUT2D eigenvalue weighted by molar-refractivity contribution is -0.129. The SMILES string of the molecule is CC(c1ccccc1F)N(C)C(=O)CS(=O)(=O)c1ccc(Cl)cc1. The summed E-state index contributed by atoms with van der Waals surface area (Å²) in [7, 11) is -2.34. The smallest absolute Gasteiger partial charge is 0.238 e. The predicted molar refractivity (Wildman–Crippen MR) is 91.1 cm³/mol. The summed E-state index contributed by atoms with van der Waals surface area (Å²) in [6.07, 6.45) is 0. The molecule has 0 spiro atoms. The Hall–Kier alpha value is -1.92. The third-order valence-corrected chi connectivity index (χ3v) is 5.69. The van der Waals surface area contributed by atoms with Gasteiger partial charge in [0.25, 0.3) is 0 Å². The molecule has 7 heteroatoms. The van der Waals surface area contributed by atoms with E-state index >= 15 is 0 Å². The predicted octanol–water partition coefficient (Wildman–Crippen LogP) is 3.47. The second-order valence-electron chi connectivity index (χ2n) is 5.42. The Morgan fingerprint density at radius 2 is 1.75 bits per heavy atom. The molecule has 0 aliphatic rings. The molecule has 0 heterocycles. The largest absolute Gasteiger partial charge is 0.338 e. The summed E-state index contributed by atoms with van der Waals surface area (Å²) in [5, 5.41) is 0.408. The first-order valence-electron chi connectivity index (χ1n) is 7.21. The van der Waals surface area contributed by atoms with Crippen LogP contribution in [0.2, 0.25) is 5.02 Å². The fourth-order valence-corrected chi connectivity index (χ4v) is 3.60. The number of hydrogen-bond donors (Lipinski definition) is 0. The number of hydrogen-bond acceptors (Lipinski definition) is 3. The quantitative estimate of drug-likeness (QED) is 0.810. The van der Waals surface area contributed by atoms with Gasteiger partial charge in [0.15, 0.2) is 9.84 Å².